The molecule has 2 rings (SSSR count). The first kappa shape index (κ1) is 12.5. The first-order chi connectivity index (χ1) is 8.04. The standard InChI is InChI=1S/C15H20ClN/c1-5-11-13(8-9(2)3)17-15-10(4)6-7-12(16)14(11)15/h6-7,9,17H,5,8H2,1-4H3. The monoisotopic (exact) mass is 249 g/mol. The smallest absolute Gasteiger partial charge is 0.0503 e. The van der Waals surface area contributed by atoms with Crippen molar-refractivity contribution in [2.24, 2.45) is 5.92 Å². The number of halogens is 1. The van der Waals surface area contributed by atoms with Gasteiger partial charge in [0.25, 0.3) is 0 Å². The highest BCUT2D eigenvalue weighted by atomic mass is 35.5. The molecule has 2 aromatic rings. The summed E-state index contributed by atoms with van der Waals surface area (Å²) in [7, 11) is 0. The topological polar surface area (TPSA) is 15.8 Å². The summed E-state index contributed by atoms with van der Waals surface area (Å²) < 4.78 is 0. The Morgan fingerprint density at radius 3 is 2.59 bits per heavy atom. The first-order valence-electron chi connectivity index (χ1n) is 6.33. The van der Waals surface area contributed by atoms with Gasteiger partial charge in [0.1, 0.15) is 0 Å². The second kappa shape index (κ2) is 4.73. The molecule has 0 radical (unpaired) electrons. The fourth-order valence-corrected chi connectivity index (χ4v) is 2.76. The van der Waals surface area contributed by atoms with Crippen LogP contribution in [0.2, 0.25) is 5.02 Å². The summed E-state index contributed by atoms with van der Waals surface area (Å²) in [6, 6.07) is 4.09. The van der Waals surface area contributed by atoms with Gasteiger partial charge in [-0.25, -0.2) is 0 Å². The van der Waals surface area contributed by atoms with Crippen molar-refractivity contribution in [3.05, 3.63) is 34.0 Å². The van der Waals surface area contributed by atoms with Crippen LogP contribution in [0.4, 0.5) is 0 Å². The van der Waals surface area contributed by atoms with E-state index < -0.39 is 0 Å². The zero-order valence-electron chi connectivity index (χ0n) is 11.0. The summed E-state index contributed by atoms with van der Waals surface area (Å²) >= 11 is 6.34. The molecule has 0 saturated carbocycles. The van der Waals surface area contributed by atoms with Crippen LogP contribution in [0.1, 0.15) is 37.6 Å². The first-order valence-corrected chi connectivity index (χ1v) is 6.70. The Labute approximate surface area is 108 Å². The van der Waals surface area contributed by atoms with Crippen molar-refractivity contribution in [1.82, 2.24) is 4.98 Å². The van der Waals surface area contributed by atoms with Crippen LogP contribution in [-0.4, -0.2) is 4.98 Å². The van der Waals surface area contributed by atoms with E-state index in [1.54, 1.807) is 0 Å². The molecule has 2 heteroatoms. The van der Waals surface area contributed by atoms with E-state index in [0.717, 1.165) is 17.9 Å². The summed E-state index contributed by atoms with van der Waals surface area (Å²) in [4.78, 5) is 3.57. The lowest BCUT2D eigenvalue weighted by atomic mass is 10.0. The van der Waals surface area contributed by atoms with Gasteiger partial charge in [0, 0.05) is 11.1 Å². The molecule has 92 valence electrons. The highest BCUT2D eigenvalue weighted by Gasteiger charge is 2.14. The molecule has 0 bridgehead atoms. The molecule has 0 atom stereocenters. The number of fused-ring (bicyclic) bond motifs is 1. The summed E-state index contributed by atoms with van der Waals surface area (Å²) in [5.41, 5.74) is 5.23. The third-order valence-corrected chi connectivity index (χ3v) is 3.59. The van der Waals surface area contributed by atoms with Crippen LogP contribution in [0.3, 0.4) is 0 Å². The van der Waals surface area contributed by atoms with Crippen LogP contribution in [0.15, 0.2) is 12.1 Å². The molecule has 1 N–H and O–H groups in total. The van der Waals surface area contributed by atoms with E-state index >= 15 is 0 Å². The van der Waals surface area contributed by atoms with Crippen LogP contribution in [0.5, 0.6) is 0 Å². The predicted molar refractivity (Wildman–Crippen MR) is 76.0 cm³/mol. The van der Waals surface area contributed by atoms with E-state index in [0.29, 0.717) is 5.92 Å². The third kappa shape index (κ3) is 2.21. The van der Waals surface area contributed by atoms with Crippen molar-refractivity contribution in [2.45, 2.75) is 40.5 Å². The fraction of sp³-hybridized carbons (Fsp3) is 0.467. The molecule has 0 aliphatic heterocycles. The molecule has 0 amide bonds. The zero-order chi connectivity index (χ0) is 12.6. The Kier molecular flexibility index (Phi) is 3.48. The molecule has 1 aromatic heterocycles. The van der Waals surface area contributed by atoms with Crippen molar-refractivity contribution in [1.29, 1.82) is 0 Å². The highest BCUT2D eigenvalue weighted by molar-refractivity contribution is 6.35. The average Bonchev–Trinajstić information content (AvgIpc) is 2.62. The van der Waals surface area contributed by atoms with Crippen LogP contribution >= 0.6 is 11.6 Å². The van der Waals surface area contributed by atoms with Gasteiger partial charge in [0.05, 0.1) is 10.5 Å². The minimum Gasteiger partial charge on any atom is -0.358 e. The Morgan fingerprint density at radius 1 is 1.29 bits per heavy atom. The van der Waals surface area contributed by atoms with Crippen LogP contribution in [0, 0.1) is 12.8 Å². The van der Waals surface area contributed by atoms with Gasteiger partial charge in [-0.15, -0.1) is 0 Å². The van der Waals surface area contributed by atoms with Gasteiger partial charge in [-0.2, -0.15) is 0 Å². The Balaban J connectivity index is 2.70. The lowest BCUT2D eigenvalue weighted by molar-refractivity contribution is 0.634. The van der Waals surface area contributed by atoms with Crippen molar-refractivity contribution in [2.75, 3.05) is 0 Å². The second-order valence-corrected chi connectivity index (χ2v) is 5.56. The fourth-order valence-electron chi connectivity index (χ4n) is 2.49. The molecule has 0 aliphatic carbocycles. The maximum absolute atomic E-state index is 6.34. The van der Waals surface area contributed by atoms with Crippen LogP contribution in [0.25, 0.3) is 10.9 Å². The molecule has 0 saturated heterocycles. The number of H-pyrrole nitrogens is 1. The van der Waals surface area contributed by atoms with Crippen LogP contribution in [-0.2, 0) is 12.8 Å². The average molecular weight is 250 g/mol. The summed E-state index contributed by atoms with van der Waals surface area (Å²) in [6.07, 6.45) is 2.12. The molecule has 0 aliphatic rings. The number of rotatable bonds is 3. The summed E-state index contributed by atoms with van der Waals surface area (Å²) in [5.74, 6) is 0.660. The Hall–Kier alpha value is -0.950. The number of hydrogen-bond donors (Lipinski definition) is 1. The second-order valence-electron chi connectivity index (χ2n) is 5.15. The van der Waals surface area contributed by atoms with Gasteiger partial charge in [0.2, 0.25) is 0 Å². The van der Waals surface area contributed by atoms with E-state index in [1.165, 1.54) is 27.7 Å². The van der Waals surface area contributed by atoms with Crippen LogP contribution < -0.4 is 0 Å². The molecular formula is C15H20ClN. The number of hydrogen-bond acceptors (Lipinski definition) is 0. The van der Waals surface area contributed by atoms with Crippen molar-refractivity contribution >= 4 is 22.5 Å². The maximum atomic E-state index is 6.34. The van der Waals surface area contributed by atoms with Gasteiger partial charge in [-0.05, 0) is 42.9 Å². The normalized spacial score (nSPS) is 11.6. The van der Waals surface area contributed by atoms with Gasteiger partial charge in [0.15, 0.2) is 0 Å². The number of aromatic nitrogens is 1. The minimum absolute atomic E-state index is 0.660. The summed E-state index contributed by atoms with van der Waals surface area (Å²) in [5, 5.41) is 2.10. The van der Waals surface area contributed by atoms with E-state index in [2.05, 4.69) is 38.7 Å². The molecular weight excluding hydrogens is 230 g/mol. The third-order valence-electron chi connectivity index (χ3n) is 3.27. The van der Waals surface area contributed by atoms with E-state index in [9.17, 15) is 0 Å². The lowest BCUT2D eigenvalue weighted by Gasteiger charge is -2.05. The summed E-state index contributed by atoms with van der Waals surface area (Å²) in [6.45, 7) is 8.83. The molecule has 0 spiro atoms. The Morgan fingerprint density at radius 2 is 2.00 bits per heavy atom. The number of nitrogens with one attached hydrogen (secondary N) is 1. The maximum Gasteiger partial charge on any atom is 0.0503 e. The molecule has 1 heterocycles. The molecule has 1 nitrogen and oxygen atoms in total. The van der Waals surface area contributed by atoms with E-state index in [-0.39, 0.29) is 0 Å². The zero-order valence-corrected chi connectivity index (χ0v) is 11.8. The molecule has 0 unspecified atom stereocenters. The van der Waals surface area contributed by atoms with Crippen molar-refractivity contribution < 1.29 is 0 Å². The van der Waals surface area contributed by atoms with Crippen molar-refractivity contribution in [3.63, 3.8) is 0 Å². The lowest BCUT2D eigenvalue weighted by Crippen LogP contribution is -1.97. The SMILES string of the molecule is CCc1c(CC(C)C)[nH]c2c(C)ccc(Cl)c12. The van der Waals surface area contributed by atoms with E-state index in [4.69, 9.17) is 11.6 Å². The number of benzene rings is 1. The quantitative estimate of drug-likeness (QED) is 0.797. The van der Waals surface area contributed by atoms with Gasteiger partial charge in [-0.3, -0.25) is 0 Å². The van der Waals surface area contributed by atoms with Gasteiger partial charge in [-0.1, -0.05) is 38.4 Å². The van der Waals surface area contributed by atoms with Gasteiger partial charge >= 0.3 is 0 Å². The Bertz CT molecular complexity index is 537. The predicted octanol–water partition coefficient (Wildman–Crippen LogP) is 4.89. The molecule has 1 aromatic carbocycles. The van der Waals surface area contributed by atoms with Crippen molar-refractivity contribution in [3.8, 4) is 0 Å². The molecule has 17 heavy (non-hydrogen) atoms. The largest absolute Gasteiger partial charge is 0.358 e. The number of aromatic amines is 1. The minimum atomic E-state index is 0.660. The highest BCUT2D eigenvalue weighted by Crippen LogP contribution is 2.32. The van der Waals surface area contributed by atoms with E-state index in [1.807, 2.05) is 6.07 Å². The molecule has 0 fully saturated rings. The number of aryl methyl sites for hydroxylation is 2. The van der Waals surface area contributed by atoms with Gasteiger partial charge < -0.3 is 4.98 Å².